The molecule has 0 aromatic carbocycles. The van der Waals surface area contributed by atoms with E-state index in [4.69, 9.17) is 30.5 Å². The van der Waals surface area contributed by atoms with Crippen molar-refractivity contribution in [2.24, 2.45) is 54.4 Å². The minimum absolute atomic E-state index is 0.00414. The molecule has 6 saturated carbocycles. The third kappa shape index (κ3) is 12.2. The Kier molecular flexibility index (Phi) is 16.5. The van der Waals surface area contributed by atoms with Crippen molar-refractivity contribution in [3.63, 3.8) is 0 Å². The minimum Gasteiger partial charge on any atom is -0.390 e. The quantitative estimate of drug-likeness (QED) is 0.0415. The first kappa shape index (κ1) is 46.2. The first-order chi connectivity index (χ1) is 27.6. The third-order valence-corrected chi connectivity index (χ3v) is 17.5. The molecule has 0 aromatic rings. The lowest BCUT2D eigenvalue weighted by Crippen LogP contribution is -2.56. The second-order valence-electron chi connectivity index (χ2n) is 18.1. The number of aliphatic hydroxyl groups excluding tert-OH is 1. The van der Waals surface area contributed by atoms with Gasteiger partial charge in [0, 0.05) is 42.9 Å². The highest BCUT2D eigenvalue weighted by Gasteiger charge is 2.51. The van der Waals surface area contributed by atoms with Gasteiger partial charge in [0.2, 0.25) is 0 Å². The summed E-state index contributed by atoms with van der Waals surface area (Å²) in [5.41, 5.74) is 0. The number of azo groups is 3. The van der Waals surface area contributed by atoms with Crippen LogP contribution in [-0.4, -0.2) is 120 Å². The second-order valence-corrected chi connectivity index (χ2v) is 22.4. The molecule has 17 atom stereocenters. The number of rotatable bonds is 14. The summed E-state index contributed by atoms with van der Waals surface area (Å²) in [6, 6.07) is -1.32. The van der Waals surface area contributed by atoms with Gasteiger partial charge in [-0.1, -0.05) is 31.7 Å². The van der Waals surface area contributed by atoms with E-state index >= 15 is 0 Å². The van der Waals surface area contributed by atoms with Crippen LogP contribution in [-0.2, 0) is 34.3 Å². The van der Waals surface area contributed by atoms with Gasteiger partial charge in [0.25, 0.3) is 20.2 Å². The lowest BCUT2D eigenvalue weighted by molar-refractivity contribution is -0.432. The highest BCUT2D eigenvalue weighted by Crippen LogP contribution is 2.45. The molecule has 6 fully saturated rings. The van der Waals surface area contributed by atoms with Gasteiger partial charge in [-0.3, -0.25) is 9.11 Å². The van der Waals surface area contributed by atoms with E-state index in [2.05, 4.69) is 38.8 Å². The molecule has 17 unspecified atom stereocenters. The predicted molar refractivity (Wildman–Crippen MR) is 215 cm³/mol. The zero-order valence-corrected chi connectivity index (χ0v) is 36.3. The van der Waals surface area contributed by atoms with E-state index in [1.807, 2.05) is 0 Å². The molecule has 0 bridgehead atoms. The monoisotopic (exact) mass is 879 g/mol. The normalized spacial score (nSPS) is 43.5. The third-order valence-electron chi connectivity index (χ3n) is 14.1. The fraction of sp³-hybridized carbons (Fsp3) is 1.00. The van der Waals surface area contributed by atoms with Crippen molar-refractivity contribution in [3.05, 3.63) is 0 Å². The molecule has 21 heteroatoms. The Morgan fingerprint density at radius 2 is 1.34 bits per heavy atom. The van der Waals surface area contributed by atoms with Crippen molar-refractivity contribution in [2.45, 2.75) is 199 Å². The molecule has 0 amide bonds. The fourth-order valence-corrected chi connectivity index (χ4v) is 13.5. The number of ether oxygens (including phenoxy) is 1. The molecule has 6 aliphatic rings. The molecule has 5 N–H and O–H groups in total. The van der Waals surface area contributed by atoms with Gasteiger partial charge in [-0.2, -0.15) is 47.5 Å². The maximum atomic E-state index is 12.6. The predicted octanol–water partition coefficient (Wildman–Crippen LogP) is 6.43. The summed E-state index contributed by atoms with van der Waals surface area (Å²) in [5.74, 6) is 0.0333. The fourth-order valence-electron chi connectivity index (χ4n) is 10.8. The molecule has 0 aliphatic heterocycles. The molecule has 0 saturated heterocycles. The van der Waals surface area contributed by atoms with Gasteiger partial charge in [0.1, 0.15) is 11.3 Å². The van der Waals surface area contributed by atoms with E-state index in [-0.39, 0.29) is 83.7 Å². The molecule has 18 nitrogen and oxygen atoms in total. The summed E-state index contributed by atoms with van der Waals surface area (Å²) in [6.07, 6.45) is 10.5. The summed E-state index contributed by atoms with van der Waals surface area (Å²) in [7, 11) is -6.92. The van der Waals surface area contributed by atoms with Crippen molar-refractivity contribution in [2.75, 3.05) is 7.11 Å². The van der Waals surface area contributed by atoms with Crippen molar-refractivity contribution in [1.29, 1.82) is 0 Å². The summed E-state index contributed by atoms with van der Waals surface area (Å²) in [5, 5.41) is 53.9. The molecular weight excluding hydrogens is 815 g/mol. The van der Waals surface area contributed by atoms with Crippen molar-refractivity contribution >= 4 is 32.3 Å². The van der Waals surface area contributed by atoms with E-state index in [1.54, 1.807) is 7.11 Å². The maximum Gasteiger partial charge on any atom is 0.270 e. The number of fused-ring (bicyclic) bond motifs is 1. The molecule has 0 heterocycles. The number of aliphatic hydroxyl groups is 1. The van der Waals surface area contributed by atoms with Gasteiger partial charge in [0.05, 0.1) is 47.7 Å². The zero-order valence-electron chi connectivity index (χ0n) is 33.9. The Hall–Kier alpha value is -1.27. The molecule has 0 radical (unpaired) electrons. The van der Waals surface area contributed by atoms with E-state index < -0.39 is 42.9 Å². The Morgan fingerprint density at radius 1 is 0.655 bits per heavy atom. The average molecular weight is 880 g/mol. The number of nitrogens with one attached hydrogen (secondary N) is 1. The Balaban J connectivity index is 1.01. The largest absolute Gasteiger partial charge is 0.390 e. The highest BCUT2D eigenvalue weighted by molar-refractivity contribution is 7.95. The minimum atomic E-state index is -4.51. The molecule has 332 valence electrons. The molecule has 0 aromatic heterocycles. The van der Waals surface area contributed by atoms with Crippen LogP contribution in [0.3, 0.4) is 0 Å². The van der Waals surface area contributed by atoms with Crippen LogP contribution in [0.2, 0.25) is 0 Å². The van der Waals surface area contributed by atoms with Crippen molar-refractivity contribution in [3.8, 4) is 0 Å². The molecule has 58 heavy (non-hydrogen) atoms. The van der Waals surface area contributed by atoms with Gasteiger partial charge in [0.15, 0.2) is 0 Å². The van der Waals surface area contributed by atoms with E-state index in [9.17, 15) is 31.0 Å². The summed E-state index contributed by atoms with van der Waals surface area (Å²) >= 11 is 1.12. The van der Waals surface area contributed by atoms with Crippen LogP contribution in [0.4, 0.5) is 0 Å². The van der Waals surface area contributed by atoms with E-state index in [0.717, 1.165) is 63.4 Å². The summed E-state index contributed by atoms with van der Waals surface area (Å²) < 4.78 is 79.3. The average Bonchev–Trinajstić information content (AvgIpc) is 3.18. The summed E-state index contributed by atoms with van der Waals surface area (Å²) in [6.45, 7) is 4.28. The number of methoxy groups -OCH3 is 1. The molecule has 6 rings (SSSR count). The van der Waals surface area contributed by atoms with Crippen LogP contribution in [0.25, 0.3) is 0 Å². The molecule has 0 spiro atoms. The molecular formula is C37H65N7O11S3. The lowest BCUT2D eigenvalue weighted by Gasteiger charge is -2.47. The van der Waals surface area contributed by atoms with Gasteiger partial charge >= 0.3 is 0 Å². The number of hydrogen-bond acceptors (Lipinski definition) is 17. The van der Waals surface area contributed by atoms with Gasteiger partial charge in [-0.05, 0) is 114 Å². The first-order valence-electron chi connectivity index (χ1n) is 21.4. The van der Waals surface area contributed by atoms with E-state index in [1.165, 1.54) is 0 Å². The first-order valence-corrected chi connectivity index (χ1v) is 25.2. The zero-order chi connectivity index (χ0) is 41.6. The van der Waals surface area contributed by atoms with Gasteiger partial charge in [-0.25, -0.2) is 5.26 Å². The Morgan fingerprint density at radius 3 is 2.07 bits per heavy atom. The maximum absolute atomic E-state index is 12.6. The second kappa shape index (κ2) is 20.7. The Bertz CT molecular complexity index is 1640. The van der Waals surface area contributed by atoms with Gasteiger partial charge < -0.3 is 15.2 Å². The van der Waals surface area contributed by atoms with Crippen molar-refractivity contribution < 1.29 is 50.4 Å². The lowest BCUT2D eigenvalue weighted by atomic mass is 9.66. The van der Waals surface area contributed by atoms with Crippen LogP contribution < -0.4 is 5.32 Å². The standard InChI is InChI=1S/C37H65N7O11S3/c1-21-14-27(12-13-31(21)41-43-33-15-22(2)32(20-34(33)53-3)42-39-26-7-4-8-28(17-26)56-55-54-46)40-44-36-35(58(50,51)52)16-23-10-11-25(19-30(23)37(36)45)38-24-6-5-9-29(18-24)57(47,48)49/h21-38,45-46H,4-20H2,1-3H3,(H,47,48,49)(H,50,51,52). The van der Waals surface area contributed by atoms with Crippen LogP contribution >= 0.6 is 12.0 Å². The SMILES string of the molecule is COC1CC(N=NC2CCCC(SOOO)C2)C(C)CC1N=NC1CCC(N=NC2C(O)C3CC(NC4CCCC(S(=O)(=O)O)C4)CCC3CC2S(=O)(=O)O)CC1C. The summed E-state index contributed by atoms with van der Waals surface area (Å²) in [4.78, 5) is 0. The van der Waals surface area contributed by atoms with Crippen LogP contribution in [0.15, 0.2) is 30.7 Å². The van der Waals surface area contributed by atoms with Crippen LogP contribution in [0, 0.1) is 23.7 Å². The highest BCUT2D eigenvalue weighted by atomic mass is 32.2. The smallest absolute Gasteiger partial charge is 0.270 e. The molecule has 6 aliphatic carbocycles. The van der Waals surface area contributed by atoms with Crippen LogP contribution in [0.5, 0.6) is 0 Å². The van der Waals surface area contributed by atoms with Crippen molar-refractivity contribution in [1.82, 2.24) is 5.32 Å². The topological polar surface area (TPSA) is 263 Å². The number of nitrogens with zero attached hydrogens (tertiary/aromatic N) is 6. The van der Waals surface area contributed by atoms with E-state index in [0.29, 0.717) is 51.4 Å². The number of hydrogen-bond donors (Lipinski definition) is 5. The van der Waals surface area contributed by atoms with Crippen LogP contribution in [0.1, 0.15) is 123 Å². The van der Waals surface area contributed by atoms with Gasteiger partial charge in [-0.15, -0.1) is 4.33 Å². The Labute approximate surface area is 347 Å².